The Kier molecular flexibility index (Phi) is 5.29. The lowest BCUT2D eigenvalue weighted by atomic mass is 10.1. The molecule has 0 aliphatic carbocycles. The van der Waals surface area contributed by atoms with Crippen LogP contribution in [0.5, 0.6) is 0 Å². The first-order valence-corrected chi connectivity index (χ1v) is 9.74. The molecule has 1 atom stereocenters. The lowest BCUT2D eigenvalue weighted by Gasteiger charge is -2.18. The van der Waals surface area contributed by atoms with Crippen molar-refractivity contribution in [3.05, 3.63) is 59.9 Å². The van der Waals surface area contributed by atoms with Crippen LogP contribution in [0, 0.1) is 11.7 Å². The molecule has 2 aliphatic heterocycles. The standard InChI is InChI=1S/C22H22FN3O3/c23-18-7-1-2-8-19(18)26-14-16(12-21(26)28)22(29)24-17-6-3-5-15(11-17)13-25-10-4-9-20(25)27/h1-3,5-8,11,16H,4,9-10,12-14H2,(H,24,29). The molecule has 1 unspecified atom stereocenters. The molecule has 29 heavy (non-hydrogen) atoms. The van der Waals surface area contributed by atoms with E-state index in [1.807, 2.05) is 23.1 Å². The number of likely N-dealkylation sites (tertiary alicyclic amines) is 1. The van der Waals surface area contributed by atoms with E-state index in [4.69, 9.17) is 0 Å². The molecule has 1 N–H and O–H groups in total. The van der Waals surface area contributed by atoms with Gasteiger partial charge >= 0.3 is 0 Å². The van der Waals surface area contributed by atoms with E-state index < -0.39 is 11.7 Å². The normalized spacial score (nSPS) is 19.1. The molecule has 2 saturated heterocycles. The summed E-state index contributed by atoms with van der Waals surface area (Å²) >= 11 is 0. The maximum absolute atomic E-state index is 14.0. The Labute approximate surface area is 168 Å². The molecule has 2 heterocycles. The fourth-order valence-corrected chi connectivity index (χ4v) is 3.87. The first-order chi connectivity index (χ1) is 14.0. The smallest absolute Gasteiger partial charge is 0.229 e. The van der Waals surface area contributed by atoms with Crippen molar-refractivity contribution in [2.24, 2.45) is 5.92 Å². The Morgan fingerprint density at radius 3 is 2.69 bits per heavy atom. The average Bonchev–Trinajstić information content (AvgIpc) is 3.28. The highest BCUT2D eigenvalue weighted by molar-refractivity contribution is 6.03. The van der Waals surface area contributed by atoms with Gasteiger partial charge in [0.2, 0.25) is 17.7 Å². The van der Waals surface area contributed by atoms with Crippen LogP contribution < -0.4 is 10.2 Å². The van der Waals surface area contributed by atoms with Gasteiger partial charge in [-0.05, 0) is 36.2 Å². The Hall–Kier alpha value is -3.22. The van der Waals surface area contributed by atoms with E-state index in [-0.39, 0.29) is 36.4 Å². The van der Waals surface area contributed by atoms with Gasteiger partial charge in [0.05, 0.1) is 11.6 Å². The van der Waals surface area contributed by atoms with Crippen LogP contribution in [-0.4, -0.2) is 35.7 Å². The van der Waals surface area contributed by atoms with Gasteiger partial charge in [-0.3, -0.25) is 14.4 Å². The highest BCUT2D eigenvalue weighted by Crippen LogP contribution is 2.28. The van der Waals surface area contributed by atoms with E-state index in [9.17, 15) is 18.8 Å². The van der Waals surface area contributed by atoms with Crippen LogP contribution in [0.2, 0.25) is 0 Å². The number of hydrogen-bond acceptors (Lipinski definition) is 3. The molecule has 0 saturated carbocycles. The Morgan fingerprint density at radius 2 is 1.93 bits per heavy atom. The number of carbonyl (C=O) groups is 3. The van der Waals surface area contributed by atoms with Crippen LogP contribution in [0.1, 0.15) is 24.8 Å². The maximum atomic E-state index is 14.0. The van der Waals surface area contributed by atoms with Gasteiger partial charge in [-0.1, -0.05) is 24.3 Å². The fraction of sp³-hybridized carbons (Fsp3) is 0.318. The largest absolute Gasteiger partial charge is 0.338 e. The van der Waals surface area contributed by atoms with Gasteiger partial charge in [0.1, 0.15) is 5.82 Å². The summed E-state index contributed by atoms with van der Waals surface area (Å²) in [5.41, 5.74) is 1.76. The number of anilines is 2. The van der Waals surface area contributed by atoms with E-state index in [0.29, 0.717) is 18.7 Å². The summed E-state index contributed by atoms with van der Waals surface area (Å²) in [6.07, 6.45) is 1.51. The third-order valence-electron chi connectivity index (χ3n) is 5.38. The first kappa shape index (κ1) is 19.1. The highest BCUT2D eigenvalue weighted by Gasteiger charge is 2.36. The average molecular weight is 395 g/mol. The van der Waals surface area contributed by atoms with Crippen molar-refractivity contribution in [2.75, 3.05) is 23.3 Å². The van der Waals surface area contributed by atoms with Crippen molar-refractivity contribution in [1.29, 1.82) is 0 Å². The molecular formula is C22H22FN3O3. The van der Waals surface area contributed by atoms with E-state index in [2.05, 4.69) is 5.32 Å². The summed E-state index contributed by atoms with van der Waals surface area (Å²) in [7, 11) is 0. The van der Waals surface area contributed by atoms with Gasteiger partial charge in [0, 0.05) is 38.2 Å². The minimum Gasteiger partial charge on any atom is -0.338 e. The van der Waals surface area contributed by atoms with E-state index in [1.165, 1.54) is 17.0 Å². The molecular weight excluding hydrogens is 373 g/mol. The van der Waals surface area contributed by atoms with Crippen LogP contribution in [0.15, 0.2) is 48.5 Å². The molecule has 150 valence electrons. The zero-order valence-corrected chi connectivity index (χ0v) is 15.9. The molecule has 2 aliphatic rings. The van der Waals surface area contributed by atoms with Crippen molar-refractivity contribution < 1.29 is 18.8 Å². The molecule has 2 fully saturated rings. The van der Waals surface area contributed by atoms with Crippen molar-refractivity contribution in [3.63, 3.8) is 0 Å². The second-order valence-corrected chi connectivity index (χ2v) is 7.47. The predicted molar refractivity (Wildman–Crippen MR) is 107 cm³/mol. The minimum absolute atomic E-state index is 0.0438. The zero-order chi connectivity index (χ0) is 20.4. The molecule has 2 aromatic rings. The van der Waals surface area contributed by atoms with Crippen LogP contribution >= 0.6 is 0 Å². The maximum Gasteiger partial charge on any atom is 0.229 e. The number of carbonyl (C=O) groups excluding carboxylic acids is 3. The first-order valence-electron chi connectivity index (χ1n) is 9.74. The zero-order valence-electron chi connectivity index (χ0n) is 15.9. The van der Waals surface area contributed by atoms with Gasteiger partial charge in [0.15, 0.2) is 0 Å². The lowest BCUT2D eigenvalue weighted by molar-refractivity contribution is -0.128. The number of benzene rings is 2. The second-order valence-electron chi connectivity index (χ2n) is 7.47. The molecule has 0 aromatic heterocycles. The molecule has 0 spiro atoms. The number of hydrogen-bond donors (Lipinski definition) is 1. The Morgan fingerprint density at radius 1 is 1.10 bits per heavy atom. The predicted octanol–water partition coefficient (Wildman–Crippen LogP) is 2.94. The molecule has 0 bridgehead atoms. The summed E-state index contributed by atoms with van der Waals surface area (Å²) in [5, 5.41) is 2.85. The monoisotopic (exact) mass is 395 g/mol. The van der Waals surface area contributed by atoms with Crippen molar-refractivity contribution in [1.82, 2.24) is 4.90 Å². The summed E-state index contributed by atoms with van der Waals surface area (Å²) in [6.45, 7) is 1.42. The summed E-state index contributed by atoms with van der Waals surface area (Å²) in [6, 6.07) is 13.4. The summed E-state index contributed by atoms with van der Waals surface area (Å²) in [5.74, 6) is -1.42. The van der Waals surface area contributed by atoms with E-state index in [1.54, 1.807) is 18.2 Å². The number of amides is 3. The van der Waals surface area contributed by atoms with Gasteiger partial charge in [-0.25, -0.2) is 4.39 Å². The molecule has 3 amide bonds. The third-order valence-corrected chi connectivity index (χ3v) is 5.38. The van der Waals surface area contributed by atoms with Gasteiger partial charge in [0.25, 0.3) is 0 Å². The molecule has 0 radical (unpaired) electrons. The van der Waals surface area contributed by atoms with Crippen molar-refractivity contribution in [3.8, 4) is 0 Å². The molecule has 2 aromatic carbocycles. The van der Waals surface area contributed by atoms with E-state index >= 15 is 0 Å². The third kappa shape index (κ3) is 4.13. The molecule has 6 nitrogen and oxygen atoms in total. The van der Waals surface area contributed by atoms with Crippen LogP contribution in [0.3, 0.4) is 0 Å². The fourth-order valence-electron chi connectivity index (χ4n) is 3.87. The molecule has 4 rings (SSSR count). The van der Waals surface area contributed by atoms with Gasteiger partial charge < -0.3 is 15.1 Å². The highest BCUT2D eigenvalue weighted by atomic mass is 19.1. The van der Waals surface area contributed by atoms with Crippen LogP contribution in [0.4, 0.5) is 15.8 Å². The SMILES string of the molecule is O=C(Nc1cccc(CN2CCCC2=O)c1)C1CC(=O)N(c2ccccc2F)C1. The number of nitrogens with one attached hydrogen (secondary N) is 1. The Bertz CT molecular complexity index is 962. The van der Waals surface area contributed by atoms with Crippen molar-refractivity contribution >= 4 is 29.1 Å². The van der Waals surface area contributed by atoms with Gasteiger partial charge in [-0.15, -0.1) is 0 Å². The number of rotatable bonds is 5. The summed E-state index contributed by atoms with van der Waals surface area (Å²) in [4.78, 5) is 39.9. The van der Waals surface area contributed by atoms with E-state index in [0.717, 1.165) is 18.5 Å². The van der Waals surface area contributed by atoms with Crippen molar-refractivity contribution in [2.45, 2.75) is 25.8 Å². The van der Waals surface area contributed by atoms with Crippen LogP contribution in [0.25, 0.3) is 0 Å². The lowest BCUT2D eigenvalue weighted by Crippen LogP contribution is -2.28. The number of halogens is 1. The number of nitrogens with zero attached hydrogens (tertiary/aromatic N) is 2. The summed E-state index contributed by atoms with van der Waals surface area (Å²) < 4.78 is 14.0. The quantitative estimate of drug-likeness (QED) is 0.846. The number of para-hydroxylation sites is 1. The molecule has 7 heteroatoms. The topological polar surface area (TPSA) is 69.7 Å². The van der Waals surface area contributed by atoms with Gasteiger partial charge in [-0.2, -0.15) is 0 Å². The minimum atomic E-state index is -0.550. The second kappa shape index (κ2) is 8.03. The van der Waals surface area contributed by atoms with Crippen LogP contribution in [-0.2, 0) is 20.9 Å². The Balaban J connectivity index is 1.41.